The normalized spacial score (nSPS) is 14.4. The number of benzene rings is 1. The average Bonchev–Trinajstić information content (AvgIpc) is 2.95. The van der Waals surface area contributed by atoms with E-state index in [4.69, 9.17) is 11.6 Å². The predicted molar refractivity (Wildman–Crippen MR) is 85.3 cm³/mol. The van der Waals surface area contributed by atoms with Gasteiger partial charge in [0.2, 0.25) is 5.91 Å². The van der Waals surface area contributed by atoms with Crippen molar-refractivity contribution in [2.75, 3.05) is 5.32 Å². The number of hydrogen-bond acceptors (Lipinski definition) is 3. The molecule has 120 valence electrons. The molecule has 1 heterocycles. The quantitative estimate of drug-likeness (QED) is 0.938. The maximum absolute atomic E-state index is 13.0. The SMILES string of the molecule is CC(C(=O)Nc1ccc(F)cc1Cl)n1nc2c(cc1=O)CCC2. The standard InChI is InChI=1S/C16H15ClFN3O2/c1-9(16(23)19-14-6-5-11(18)8-12(14)17)21-15(22)7-10-3-2-4-13(10)20-21/h5-9H,2-4H2,1H3,(H,19,23). The fraction of sp³-hybridized carbons (Fsp3) is 0.312. The summed E-state index contributed by atoms with van der Waals surface area (Å²) in [5.74, 6) is -0.927. The van der Waals surface area contributed by atoms with E-state index in [2.05, 4.69) is 10.4 Å². The number of anilines is 1. The molecule has 1 N–H and O–H groups in total. The van der Waals surface area contributed by atoms with E-state index in [1.54, 1.807) is 13.0 Å². The summed E-state index contributed by atoms with van der Waals surface area (Å²) < 4.78 is 14.2. The Morgan fingerprint density at radius 1 is 1.39 bits per heavy atom. The van der Waals surface area contributed by atoms with Crippen LogP contribution in [-0.4, -0.2) is 15.7 Å². The van der Waals surface area contributed by atoms with Crippen molar-refractivity contribution in [3.05, 3.63) is 56.7 Å². The highest BCUT2D eigenvalue weighted by Gasteiger charge is 2.22. The highest BCUT2D eigenvalue weighted by molar-refractivity contribution is 6.33. The summed E-state index contributed by atoms with van der Waals surface area (Å²) >= 11 is 5.89. The molecule has 1 atom stereocenters. The molecule has 0 spiro atoms. The lowest BCUT2D eigenvalue weighted by atomic mass is 10.2. The summed E-state index contributed by atoms with van der Waals surface area (Å²) in [5, 5.41) is 6.99. The molecule has 1 aliphatic carbocycles. The molecule has 3 rings (SSSR count). The van der Waals surface area contributed by atoms with E-state index in [-0.39, 0.29) is 10.6 Å². The van der Waals surface area contributed by atoms with Gasteiger partial charge in [0.25, 0.3) is 5.56 Å². The molecule has 0 aliphatic heterocycles. The maximum Gasteiger partial charge on any atom is 0.267 e. The number of fused-ring (bicyclic) bond motifs is 1. The molecule has 2 aromatic rings. The second-order valence-electron chi connectivity index (χ2n) is 5.54. The Morgan fingerprint density at radius 3 is 2.91 bits per heavy atom. The minimum atomic E-state index is -0.797. The second kappa shape index (κ2) is 6.12. The number of hydrogen-bond donors (Lipinski definition) is 1. The van der Waals surface area contributed by atoms with Crippen molar-refractivity contribution in [3.8, 4) is 0 Å². The third kappa shape index (κ3) is 3.12. The van der Waals surface area contributed by atoms with Crippen molar-refractivity contribution in [1.29, 1.82) is 0 Å². The van der Waals surface area contributed by atoms with Gasteiger partial charge in [-0.1, -0.05) is 11.6 Å². The van der Waals surface area contributed by atoms with E-state index in [0.29, 0.717) is 5.69 Å². The summed E-state index contributed by atoms with van der Waals surface area (Å²) in [6.07, 6.45) is 2.63. The van der Waals surface area contributed by atoms with Crippen molar-refractivity contribution in [2.24, 2.45) is 0 Å². The first-order valence-electron chi connectivity index (χ1n) is 7.33. The summed E-state index contributed by atoms with van der Waals surface area (Å²) in [4.78, 5) is 24.5. The molecule has 0 saturated carbocycles. The van der Waals surface area contributed by atoms with Crippen LogP contribution in [0.1, 0.15) is 30.6 Å². The van der Waals surface area contributed by atoms with Crippen LogP contribution in [0.25, 0.3) is 0 Å². The Labute approximate surface area is 137 Å². The fourth-order valence-electron chi connectivity index (χ4n) is 2.63. The minimum absolute atomic E-state index is 0.0970. The van der Waals surface area contributed by atoms with Crippen LogP contribution in [0.2, 0.25) is 5.02 Å². The van der Waals surface area contributed by atoms with E-state index in [0.717, 1.165) is 36.6 Å². The van der Waals surface area contributed by atoms with Gasteiger partial charge in [-0.15, -0.1) is 0 Å². The van der Waals surface area contributed by atoms with Crippen LogP contribution < -0.4 is 10.9 Å². The molecule has 7 heteroatoms. The van der Waals surface area contributed by atoms with Gasteiger partial charge in [0.05, 0.1) is 16.4 Å². The number of carbonyl (C=O) groups is 1. The average molecular weight is 336 g/mol. The molecular weight excluding hydrogens is 321 g/mol. The van der Waals surface area contributed by atoms with Crippen LogP contribution in [0, 0.1) is 5.82 Å². The number of nitrogens with one attached hydrogen (secondary N) is 1. The summed E-state index contributed by atoms with van der Waals surface area (Å²) in [6.45, 7) is 1.59. The van der Waals surface area contributed by atoms with Crippen LogP contribution >= 0.6 is 11.6 Å². The van der Waals surface area contributed by atoms with Gasteiger partial charge in [0.15, 0.2) is 0 Å². The topological polar surface area (TPSA) is 64.0 Å². The Bertz CT molecular complexity index is 835. The lowest BCUT2D eigenvalue weighted by Crippen LogP contribution is -2.34. The van der Waals surface area contributed by atoms with Crippen molar-refractivity contribution < 1.29 is 9.18 Å². The Kier molecular flexibility index (Phi) is 4.17. The molecule has 0 bridgehead atoms. The molecule has 0 radical (unpaired) electrons. The number of aryl methyl sites for hydroxylation is 2. The molecular formula is C16H15ClFN3O2. The first kappa shape index (κ1) is 15.7. The van der Waals surface area contributed by atoms with Crippen molar-refractivity contribution >= 4 is 23.2 Å². The van der Waals surface area contributed by atoms with Gasteiger partial charge in [0.1, 0.15) is 11.9 Å². The Hall–Kier alpha value is -2.21. The van der Waals surface area contributed by atoms with Crippen LogP contribution in [0.4, 0.5) is 10.1 Å². The van der Waals surface area contributed by atoms with Crippen LogP contribution in [0.5, 0.6) is 0 Å². The van der Waals surface area contributed by atoms with Gasteiger partial charge in [-0.2, -0.15) is 5.10 Å². The van der Waals surface area contributed by atoms with Gasteiger partial charge in [-0.3, -0.25) is 9.59 Å². The van der Waals surface area contributed by atoms with Gasteiger partial charge in [-0.25, -0.2) is 9.07 Å². The highest BCUT2D eigenvalue weighted by Crippen LogP contribution is 2.23. The molecule has 1 unspecified atom stereocenters. The zero-order valence-corrected chi connectivity index (χ0v) is 13.2. The zero-order chi connectivity index (χ0) is 16.6. The van der Waals surface area contributed by atoms with Gasteiger partial charge < -0.3 is 5.32 Å². The van der Waals surface area contributed by atoms with Gasteiger partial charge in [-0.05, 0) is 49.9 Å². The second-order valence-corrected chi connectivity index (χ2v) is 5.95. The van der Waals surface area contributed by atoms with Crippen LogP contribution in [0.15, 0.2) is 29.1 Å². The number of halogens is 2. The summed E-state index contributed by atoms with van der Waals surface area (Å²) in [6, 6.07) is 4.44. The smallest absolute Gasteiger partial charge is 0.267 e. The monoisotopic (exact) mass is 335 g/mol. The molecule has 1 aromatic carbocycles. The Morgan fingerprint density at radius 2 is 2.17 bits per heavy atom. The zero-order valence-electron chi connectivity index (χ0n) is 12.5. The molecule has 0 fully saturated rings. The predicted octanol–water partition coefficient (Wildman–Crippen LogP) is 2.72. The van der Waals surface area contributed by atoms with Crippen LogP contribution in [-0.2, 0) is 17.6 Å². The first-order chi connectivity index (χ1) is 11.0. The number of carbonyl (C=O) groups excluding carboxylic acids is 1. The molecule has 1 aromatic heterocycles. The molecule has 1 aliphatic rings. The molecule has 0 saturated heterocycles. The molecule has 23 heavy (non-hydrogen) atoms. The maximum atomic E-state index is 13.0. The van der Waals surface area contributed by atoms with E-state index in [1.807, 2.05) is 0 Å². The lowest BCUT2D eigenvalue weighted by Gasteiger charge is -2.15. The third-order valence-corrected chi connectivity index (χ3v) is 4.23. The number of nitrogens with zero attached hydrogens (tertiary/aromatic N) is 2. The third-order valence-electron chi connectivity index (χ3n) is 3.92. The van der Waals surface area contributed by atoms with Crippen molar-refractivity contribution in [3.63, 3.8) is 0 Å². The number of amides is 1. The largest absolute Gasteiger partial charge is 0.323 e. The Balaban J connectivity index is 1.84. The minimum Gasteiger partial charge on any atom is -0.323 e. The first-order valence-corrected chi connectivity index (χ1v) is 7.71. The van der Waals surface area contributed by atoms with E-state index in [9.17, 15) is 14.0 Å². The molecule has 5 nitrogen and oxygen atoms in total. The highest BCUT2D eigenvalue weighted by atomic mass is 35.5. The van der Waals surface area contributed by atoms with E-state index in [1.165, 1.54) is 16.8 Å². The lowest BCUT2D eigenvalue weighted by molar-refractivity contribution is -0.119. The van der Waals surface area contributed by atoms with E-state index < -0.39 is 17.8 Å². The molecule has 1 amide bonds. The number of rotatable bonds is 3. The summed E-state index contributed by atoms with van der Waals surface area (Å²) in [5.41, 5.74) is 1.81. The van der Waals surface area contributed by atoms with Gasteiger partial charge in [0, 0.05) is 6.07 Å². The number of aromatic nitrogens is 2. The fourth-order valence-corrected chi connectivity index (χ4v) is 2.85. The van der Waals surface area contributed by atoms with Gasteiger partial charge >= 0.3 is 0 Å². The van der Waals surface area contributed by atoms with E-state index >= 15 is 0 Å². The van der Waals surface area contributed by atoms with Crippen molar-refractivity contribution in [2.45, 2.75) is 32.2 Å². The van der Waals surface area contributed by atoms with Crippen LogP contribution in [0.3, 0.4) is 0 Å². The van der Waals surface area contributed by atoms with Crippen molar-refractivity contribution in [1.82, 2.24) is 9.78 Å². The summed E-state index contributed by atoms with van der Waals surface area (Å²) in [7, 11) is 0.